The van der Waals surface area contributed by atoms with Crippen molar-refractivity contribution in [3.05, 3.63) is 125 Å². The number of carbonyl (C=O) groups is 3. The molecule has 0 bridgehead atoms. The molecule has 0 saturated heterocycles. The van der Waals surface area contributed by atoms with E-state index in [0.29, 0.717) is 27.6 Å². The lowest BCUT2D eigenvalue weighted by Gasteiger charge is -2.15. The highest BCUT2D eigenvalue weighted by atomic mass is 32.2. The number of hydrogen-bond donors (Lipinski definition) is 2. The lowest BCUT2D eigenvalue weighted by Crippen LogP contribution is -2.32. The van der Waals surface area contributed by atoms with Crippen molar-refractivity contribution in [3.8, 4) is 5.75 Å². The van der Waals surface area contributed by atoms with Crippen LogP contribution in [0.25, 0.3) is 0 Å². The molecule has 0 radical (unpaired) electrons. The van der Waals surface area contributed by atoms with Gasteiger partial charge in [0.05, 0.1) is 12.8 Å². The Balaban J connectivity index is 1.44. The molecule has 0 spiro atoms. The van der Waals surface area contributed by atoms with Crippen LogP contribution in [0.2, 0.25) is 0 Å². The molecule has 0 fully saturated rings. The summed E-state index contributed by atoms with van der Waals surface area (Å²) in [4.78, 5) is 41.3. The molecular weight excluding hydrogens is 536 g/mol. The topological polar surface area (TPSA) is 87.7 Å². The van der Waals surface area contributed by atoms with Crippen LogP contribution in [0.5, 0.6) is 5.75 Å². The van der Waals surface area contributed by atoms with E-state index in [2.05, 4.69) is 10.6 Å². The minimum absolute atomic E-state index is 0.0169. The Hall–Kier alpha value is -4.96. The Labute approximate surface area is 232 Å². The highest BCUT2D eigenvalue weighted by molar-refractivity contribution is 8.04. The molecule has 200 valence electrons. The Morgan fingerprint density at radius 3 is 2.17 bits per heavy atom. The van der Waals surface area contributed by atoms with Gasteiger partial charge in [-0.05, 0) is 84.9 Å². The van der Waals surface area contributed by atoms with Gasteiger partial charge in [0.1, 0.15) is 28.0 Å². The third-order valence-electron chi connectivity index (χ3n) is 5.88. The van der Waals surface area contributed by atoms with Crippen LogP contribution >= 0.6 is 11.8 Å². The molecule has 1 heterocycles. The SMILES string of the molecule is COc1cccc(C(=O)Nc2cccc(SC3=C(Nc4ccc(F)cc4)C(=O)N(c4ccc(F)cc4)C3=O)c2)c1. The van der Waals surface area contributed by atoms with Crippen molar-refractivity contribution in [2.45, 2.75) is 4.90 Å². The maximum absolute atomic E-state index is 13.5. The molecule has 5 rings (SSSR count). The number of anilines is 3. The average molecular weight is 558 g/mol. The summed E-state index contributed by atoms with van der Waals surface area (Å²) in [5.41, 5.74) is 1.45. The summed E-state index contributed by atoms with van der Waals surface area (Å²) in [6.45, 7) is 0. The Morgan fingerprint density at radius 2 is 1.48 bits per heavy atom. The summed E-state index contributed by atoms with van der Waals surface area (Å²) < 4.78 is 32.2. The van der Waals surface area contributed by atoms with Crippen molar-refractivity contribution < 1.29 is 27.9 Å². The normalized spacial score (nSPS) is 13.0. The van der Waals surface area contributed by atoms with Gasteiger partial charge in [-0.2, -0.15) is 0 Å². The zero-order valence-corrected chi connectivity index (χ0v) is 21.8. The van der Waals surface area contributed by atoms with Crippen molar-refractivity contribution in [1.82, 2.24) is 0 Å². The maximum atomic E-state index is 13.5. The van der Waals surface area contributed by atoms with Crippen molar-refractivity contribution in [2.75, 3.05) is 22.6 Å². The van der Waals surface area contributed by atoms with E-state index < -0.39 is 23.4 Å². The van der Waals surface area contributed by atoms with Gasteiger partial charge in [0.25, 0.3) is 17.7 Å². The first-order valence-electron chi connectivity index (χ1n) is 12.0. The molecule has 0 aromatic heterocycles. The second kappa shape index (κ2) is 11.4. The summed E-state index contributed by atoms with van der Waals surface area (Å²) in [6, 6.07) is 23.8. The van der Waals surface area contributed by atoms with Gasteiger partial charge < -0.3 is 15.4 Å². The molecular formula is C30H21F2N3O4S. The third-order valence-corrected chi connectivity index (χ3v) is 6.96. The molecule has 3 amide bonds. The summed E-state index contributed by atoms with van der Waals surface area (Å²) in [5, 5.41) is 5.75. The number of thioether (sulfide) groups is 1. The number of carbonyl (C=O) groups excluding carboxylic acids is 3. The van der Waals surface area contributed by atoms with E-state index >= 15 is 0 Å². The Kier molecular flexibility index (Phi) is 7.61. The van der Waals surface area contributed by atoms with E-state index in [0.717, 1.165) is 28.8 Å². The van der Waals surface area contributed by atoms with E-state index in [9.17, 15) is 23.2 Å². The molecule has 0 unspecified atom stereocenters. The quantitative estimate of drug-likeness (QED) is 0.250. The molecule has 10 heteroatoms. The van der Waals surface area contributed by atoms with Gasteiger partial charge in [0, 0.05) is 21.8 Å². The molecule has 0 aliphatic carbocycles. The second-order valence-electron chi connectivity index (χ2n) is 8.57. The molecule has 4 aromatic rings. The molecule has 2 N–H and O–H groups in total. The standard InChI is InChI=1S/C30H21F2N3O4S/c1-39-24-6-2-4-18(16-24)28(36)34-22-5-3-7-25(17-22)40-27-26(33-21-12-8-19(31)9-13-21)29(37)35(30(27)38)23-14-10-20(32)11-15-23/h2-17,33H,1H3,(H,34,36). The van der Waals surface area contributed by atoms with Gasteiger partial charge >= 0.3 is 0 Å². The van der Waals surface area contributed by atoms with E-state index in [-0.39, 0.29) is 22.2 Å². The average Bonchev–Trinajstić information content (AvgIpc) is 3.18. The number of methoxy groups -OCH3 is 1. The first-order valence-corrected chi connectivity index (χ1v) is 12.8. The van der Waals surface area contributed by atoms with E-state index in [1.54, 1.807) is 48.5 Å². The molecule has 40 heavy (non-hydrogen) atoms. The third kappa shape index (κ3) is 5.71. The lowest BCUT2D eigenvalue weighted by molar-refractivity contribution is -0.120. The van der Waals surface area contributed by atoms with Crippen LogP contribution in [-0.2, 0) is 9.59 Å². The number of benzene rings is 4. The van der Waals surface area contributed by atoms with E-state index in [1.165, 1.54) is 43.5 Å². The largest absolute Gasteiger partial charge is 0.497 e. The Bertz CT molecular complexity index is 1640. The highest BCUT2D eigenvalue weighted by Gasteiger charge is 2.40. The summed E-state index contributed by atoms with van der Waals surface area (Å²) in [7, 11) is 1.51. The summed E-state index contributed by atoms with van der Waals surface area (Å²) in [5.74, 6) is -2.04. The molecule has 0 saturated carbocycles. The van der Waals surface area contributed by atoms with Crippen molar-refractivity contribution >= 4 is 46.5 Å². The second-order valence-corrected chi connectivity index (χ2v) is 9.66. The van der Waals surface area contributed by atoms with Crippen LogP contribution in [0.4, 0.5) is 25.8 Å². The van der Waals surface area contributed by atoms with Crippen LogP contribution in [-0.4, -0.2) is 24.8 Å². The number of nitrogens with one attached hydrogen (secondary N) is 2. The van der Waals surface area contributed by atoms with E-state index in [4.69, 9.17) is 4.74 Å². The van der Waals surface area contributed by atoms with Crippen LogP contribution in [0.1, 0.15) is 10.4 Å². The lowest BCUT2D eigenvalue weighted by atomic mass is 10.2. The first kappa shape index (κ1) is 26.6. The molecule has 0 atom stereocenters. The fourth-order valence-corrected chi connectivity index (χ4v) is 4.93. The van der Waals surface area contributed by atoms with Crippen molar-refractivity contribution in [1.29, 1.82) is 0 Å². The minimum Gasteiger partial charge on any atom is -0.497 e. The fraction of sp³-hybridized carbons (Fsp3) is 0.0333. The number of ether oxygens (including phenoxy) is 1. The zero-order valence-electron chi connectivity index (χ0n) is 21.0. The minimum atomic E-state index is -0.647. The predicted molar refractivity (Wildman–Crippen MR) is 149 cm³/mol. The Morgan fingerprint density at radius 1 is 0.800 bits per heavy atom. The molecule has 4 aromatic carbocycles. The van der Waals surface area contributed by atoms with Gasteiger partial charge in [0.15, 0.2) is 0 Å². The number of rotatable bonds is 8. The number of amides is 3. The van der Waals surface area contributed by atoms with Gasteiger partial charge in [-0.25, -0.2) is 13.7 Å². The monoisotopic (exact) mass is 557 g/mol. The number of hydrogen-bond acceptors (Lipinski definition) is 6. The number of nitrogens with zero attached hydrogens (tertiary/aromatic N) is 1. The number of halogens is 2. The van der Waals surface area contributed by atoms with E-state index in [1.807, 2.05) is 0 Å². The first-order chi connectivity index (χ1) is 19.3. The van der Waals surface area contributed by atoms with Crippen LogP contribution < -0.4 is 20.3 Å². The highest BCUT2D eigenvalue weighted by Crippen LogP contribution is 2.38. The van der Waals surface area contributed by atoms with Gasteiger partial charge in [-0.1, -0.05) is 23.9 Å². The van der Waals surface area contributed by atoms with Crippen molar-refractivity contribution in [3.63, 3.8) is 0 Å². The fourth-order valence-electron chi connectivity index (χ4n) is 3.94. The van der Waals surface area contributed by atoms with Crippen LogP contribution in [0.3, 0.4) is 0 Å². The molecule has 1 aliphatic rings. The predicted octanol–water partition coefficient (Wildman–Crippen LogP) is 6.21. The summed E-state index contributed by atoms with van der Waals surface area (Å²) in [6.07, 6.45) is 0. The molecule has 1 aliphatic heterocycles. The van der Waals surface area contributed by atoms with Gasteiger partial charge in [-0.3, -0.25) is 14.4 Å². The van der Waals surface area contributed by atoms with Crippen molar-refractivity contribution in [2.24, 2.45) is 0 Å². The van der Waals surface area contributed by atoms with Crippen LogP contribution in [0, 0.1) is 11.6 Å². The van der Waals surface area contributed by atoms with Gasteiger partial charge in [-0.15, -0.1) is 0 Å². The number of imide groups is 1. The smallest absolute Gasteiger partial charge is 0.283 e. The summed E-state index contributed by atoms with van der Waals surface area (Å²) >= 11 is 1.02. The molecule has 7 nitrogen and oxygen atoms in total. The van der Waals surface area contributed by atoms with Crippen LogP contribution in [0.15, 0.2) is 113 Å². The maximum Gasteiger partial charge on any atom is 0.283 e. The van der Waals surface area contributed by atoms with Gasteiger partial charge in [0.2, 0.25) is 0 Å². The zero-order chi connectivity index (χ0) is 28.2.